The highest BCUT2D eigenvalue weighted by molar-refractivity contribution is 5.79. The van der Waals surface area contributed by atoms with Crippen LogP contribution in [0.15, 0.2) is 57.7 Å². The monoisotopic (exact) mass is 294 g/mol. The summed E-state index contributed by atoms with van der Waals surface area (Å²) in [6.45, 7) is 4.35. The number of rotatable bonds is 4. The summed E-state index contributed by atoms with van der Waals surface area (Å²) in [5, 5.41) is 0.597. The summed E-state index contributed by atoms with van der Waals surface area (Å²) in [5.41, 5.74) is 2.42. The number of hydrogen-bond acceptors (Lipinski definition) is 3. The van der Waals surface area contributed by atoms with Crippen molar-refractivity contribution in [1.29, 1.82) is 0 Å². The maximum absolute atomic E-state index is 12.7. The van der Waals surface area contributed by atoms with Gasteiger partial charge in [0.05, 0.1) is 12.0 Å². The van der Waals surface area contributed by atoms with Crippen LogP contribution in [-0.2, 0) is 6.42 Å². The molecule has 1 aromatic heterocycles. The smallest absolute Gasteiger partial charge is 0.196 e. The Balaban J connectivity index is 2.09. The predicted octanol–water partition coefficient (Wildman–Crippen LogP) is 4.09. The number of ether oxygens (including phenoxy) is 1. The van der Waals surface area contributed by atoms with E-state index in [1.54, 1.807) is 12.1 Å². The second kappa shape index (κ2) is 6.06. The molecule has 22 heavy (non-hydrogen) atoms. The summed E-state index contributed by atoms with van der Waals surface area (Å²) >= 11 is 0. The van der Waals surface area contributed by atoms with Crippen molar-refractivity contribution >= 4 is 11.0 Å². The summed E-state index contributed by atoms with van der Waals surface area (Å²) in [5.74, 6) is 1.38. The lowest BCUT2D eigenvalue weighted by molar-refractivity contribution is 0.340. The van der Waals surface area contributed by atoms with Gasteiger partial charge in [-0.25, -0.2) is 0 Å². The summed E-state index contributed by atoms with van der Waals surface area (Å²) < 4.78 is 11.3. The van der Waals surface area contributed by atoms with Gasteiger partial charge < -0.3 is 9.15 Å². The fraction of sp³-hybridized carbons (Fsp3) is 0.211. The van der Waals surface area contributed by atoms with E-state index in [9.17, 15) is 4.79 Å². The number of hydrogen-bond donors (Lipinski definition) is 0. The van der Waals surface area contributed by atoms with E-state index in [0.717, 1.165) is 5.56 Å². The summed E-state index contributed by atoms with van der Waals surface area (Å²) in [6, 6.07) is 15.3. The molecule has 3 rings (SSSR count). The van der Waals surface area contributed by atoms with Crippen molar-refractivity contribution in [3.63, 3.8) is 0 Å². The van der Waals surface area contributed by atoms with Crippen LogP contribution >= 0.6 is 0 Å². The Kier molecular flexibility index (Phi) is 3.96. The first kappa shape index (κ1) is 14.4. The molecule has 0 fully saturated rings. The molecule has 0 radical (unpaired) electrons. The van der Waals surface area contributed by atoms with Crippen molar-refractivity contribution in [3.8, 4) is 5.75 Å². The van der Waals surface area contributed by atoms with E-state index in [-0.39, 0.29) is 5.43 Å². The molecule has 112 valence electrons. The van der Waals surface area contributed by atoms with Gasteiger partial charge in [-0.3, -0.25) is 4.79 Å². The zero-order chi connectivity index (χ0) is 15.5. The molecule has 0 aliphatic carbocycles. The van der Waals surface area contributed by atoms with Crippen LogP contribution in [0, 0.1) is 6.92 Å². The van der Waals surface area contributed by atoms with Crippen LogP contribution < -0.4 is 10.2 Å². The Bertz CT molecular complexity index is 848. The average Bonchev–Trinajstić information content (AvgIpc) is 2.52. The van der Waals surface area contributed by atoms with Gasteiger partial charge >= 0.3 is 0 Å². The zero-order valence-electron chi connectivity index (χ0n) is 12.8. The van der Waals surface area contributed by atoms with Gasteiger partial charge in [0.25, 0.3) is 0 Å². The molecule has 1 heterocycles. The minimum Gasteiger partial charge on any atom is -0.494 e. The third-order valence-corrected chi connectivity index (χ3v) is 3.69. The number of aryl methyl sites for hydroxylation is 1. The van der Waals surface area contributed by atoms with Crippen LogP contribution in [-0.4, -0.2) is 6.61 Å². The molecule has 0 atom stereocenters. The first-order chi connectivity index (χ1) is 10.7. The molecule has 0 saturated heterocycles. The first-order valence-electron chi connectivity index (χ1n) is 7.42. The first-order valence-corrected chi connectivity index (χ1v) is 7.42. The van der Waals surface area contributed by atoms with Gasteiger partial charge in [-0.05, 0) is 31.5 Å². The molecule has 0 N–H and O–H groups in total. The molecule has 0 spiro atoms. The molecule has 3 heteroatoms. The molecule has 3 nitrogen and oxygen atoms in total. The molecule has 0 aliphatic rings. The van der Waals surface area contributed by atoms with E-state index in [4.69, 9.17) is 9.15 Å². The lowest BCUT2D eigenvalue weighted by Crippen LogP contribution is -2.12. The standard InChI is InChI=1S/C19H18O3/c1-3-21-15-9-10-16-18(12-15)22-13(2)17(19(16)20)11-14-7-5-4-6-8-14/h4-10,12H,3,11H2,1-2H3. The van der Waals surface area contributed by atoms with E-state index < -0.39 is 0 Å². The molecule has 0 aliphatic heterocycles. The highest BCUT2D eigenvalue weighted by Crippen LogP contribution is 2.22. The summed E-state index contributed by atoms with van der Waals surface area (Å²) in [6.07, 6.45) is 0.582. The number of fused-ring (bicyclic) bond motifs is 1. The second-order valence-electron chi connectivity index (χ2n) is 5.22. The Morgan fingerprint density at radius 2 is 1.86 bits per heavy atom. The largest absolute Gasteiger partial charge is 0.494 e. The molecule has 0 saturated carbocycles. The Labute approximate surface area is 129 Å². The predicted molar refractivity (Wildman–Crippen MR) is 87.6 cm³/mol. The van der Waals surface area contributed by atoms with Crippen LogP contribution in [0.1, 0.15) is 23.8 Å². The Morgan fingerprint density at radius 1 is 1.09 bits per heavy atom. The van der Waals surface area contributed by atoms with Crippen molar-refractivity contribution in [1.82, 2.24) is 0 Å². The number of benzene rings is 2. The van der Waals surface area contributed by atoms with E-state index >= 15 is 0 Å². The second-order valence-corrected chi connectivity index (χ2v) is 5.22. The minimum absolute atomic E-state index is 0.0330. The Morgan fingerprint density at radius 3 is 2.59 bits per heavy atom. The third-order valence-electron chi connectivity index (χ3n) is 3.69. The zero-order valence-corrected chi connectivity index (χ0v) is 12.8. The summed E-state index contributed by atoms with van der Waals surface area (Å²) in [7, 11) is 0. The highest BCUT2D eigenvalue weighted by atomic mass is 16.5. The minimum atomic E-state index is 0.0330. The highest BCUT2D eigenvalue weighted by Gasteiger charge is 2.12. The molecule has 0 bridgehead atoms. The van der Waals surface area contributed by atoms with Crippen LogP contribution in [0.4, 0.5) is 0 Å². The van der Waals surface area contributed by atoms with Gasteiger partial charge in [0.2, 0.25) is 0 Å². The molecule has 0 amide bonds. The van der Waals surface area contributed by atoms with Crippen molar-refractivity contribution in [3.05, 3.63) is 75.6 Å². The van der Waals surface area contributed by atoms with E-state index in [2.05, 4.69) is 0 Å². The van der Waals surface area contributed by atoms with Gasteiger partial charge in [0.15, 0.2) is 5.43 Å². The molecular weight excluding hydrogens is 276 g/mol. The fourth-order valence-electron chi connectivity index (χ4n) is 2.58. The fourth-order valence-corrected chi connectivity index (χ4v) is 2.58. The Hall–Kier alpha value is -2.55. The molecular formula is C19H18O3. The molecule has 3 aromatic rings. The third kappa shape index (κ3) is 2.75. The van der Waals surface area contributed by atoms with Gasteiger partial charge in [-0.15, -0.1) is 0 Å². The van der Waals surface area contributed by atoms with Gasteiger partial charge in [0, 0.05) is 18.1 Å². The molecule has 2 aromatic carbocycles. The molecule has 0 unspecified atom stereocenters. The topological polar surface area (TPSA) is 39.4 Å². The van der Waals surface area contributed by atoms with E-state index in [1.165, 1.54) is 0 Å². The lowest BCUT2D eigenvalue weighted by Gasteiger charge is -2.08. The van der Waals surface area contributed by atoms with Gasteiger partial charge in [0.1, 0.15) is 17.1 Å². The normalized spacial score (nSPS) is 10.8. The maximum atomic E-state index is 12.7. The van der Waals surface area contributed by atoms with Crippen LogP contribution in [0.3, 0.4) is 0 Å². The SMILES string of the molecule is CCOc1ccc2c(=O)c(Cc3ccccc3)c(C)oc2c1. The van der Waals surface area contributed by atoms with E-state index in [0.29, 0.717) is 41.1 Å². The van der Waals surface area contributed by atoms with Crippen molar-refractivity contribution in [2.75, 3.05) is 6.61 Å². The van der Waals surface area contributed by atoms with Crippen LogP contribution in [0.2, 0.25) is 0 Å². The average molecular weight is 294 g/mol. The van der Waals surface area contributed by atoms with Crippen molar-refractivity contribution < 1.29 is 9.15 Å². The van der Waals surface area contributed by atoms with Crippen LogP contribution in [0.5, 0.6) is 5.75 Å². The summed E-state index contributed by atoms with van der Waals surface area (Å²) in [4.78, 5) is 12.7. The van der Waals surface area contributed by atoms with Crippen molar-refractivity contribution in [2.45, 2.75) is 20.3 Å². The van der Waals surface area contributed by atoms with Crippen molar-refractivity contribution in [2.24, 2.45) is 0 Å². The quantitative estimate of drug-likeness (QED) is 0.727. The van der Waals surface area contributed by atoms with Gasteiger partial charge in [-0.1, -0.05) is 30.3 Å². The van der Waals surface area contributed by atoms with E-state index in [1.807, 2.05) is 50.2 Å². The maximum Gasteiger partial charge on any atom is 0.196 e. The van der Waals surface area contributed by atoms with Gasteiger partial charge in [-0.2, -0.15) is 0 Å². The lowest BCUT2D eigenvalue weighted by atomic mass is 10.0. The van der Waals surface area contributed by atoms with Crippen LogP contribution in [0.25, 0.3) is 11.0 Å².